The Kier molecular flexibility index (Phi) is 8.66. The van der Waals surface area contributed by atoms with Gasteiger partial charge in [0.1, 0.15) is 0 Å². The third kappa shape index (κ3) is 6.59. The van der Waals surface area contributed by atoms with Gasteiger partial charge >= 0.3 is 17.9 Å². The fourth-order valence-electron chi connectivity index (χ4n) is 2.99. The van der Waals surface area contributed by atoms with E-state index in [4.69, 9.17) is 9.47 Å². The maximum Gasteiger partial charge on any atom is 0.308 e. The highest BCUT2D eigenvalue weighted by Gasteiger charge is 2.40. The average molecular weight is 328 g/mol. The number of carbonyl (C=O) groups is 3. The van der Waals surface area contributed by atoms with Crippen molar-refractivity contribution in [2.75, 3.05) is 13.2 Å². The fourth-order valence-corrected chi connectivity index (χ4v) is 2.99. The lowest BCUT2D eigenvalue weighted by molar-refractivity contribution is -0.158. The maximum atomic E-state index is 12.2. The van der Waals surface area contributed by atoms with Gasteiger partial charge in [-0.3, -0.25) is 14.4 Å². The van der Waals surface area contributed by atoms with Gasteiger partial charge in [-0.05, 0) is 32.6 Å². The molecule has 0 spiro atoms. The molecule has 0 aromatic carbocycles. The number of aliphatic carboxylic acids is 1. The van der Waals surface area contributed by atoms with Crippen molar-refractivity contribution in [2.45, 2.75) is 58.8 Å². The van der Waals surface area contributed by atoms with Crippen molar-refractivity contribution in [3.8, 4) is 0 Å². The summed E-state index contributed by atoms with van der Waals surface area (Å²) in [7, 11) is 0. The third-order valence-corrected chi connectivity index (χ3v) is 4.25. The number of carbonyl (C=O) groups excluding carboxylic acids is 2. The lowest BCUT2D eigenvalue weighted by atomic mass is 9.75. The quantitative estimate of drug-likeness (QED) is 0.517. The molecule has 6 heteroatoms. The Morgan fingerprint density at radius 1 is 0.870 bits per heavy atom. The second-order valence-corrected chi connectivity index (χ2v) is 6.12. The van der Waals surface area contributed by atoms with E-state index >= 15 is 0 Å². The molecule has 3 atom stereocenters. The van der Waals surface area contributed by atoms with E-state index in [9.17, 15) is 19.5 Å². The van der Waals surface area contributed by atoms with E-state index in [0.717, 1.165) is 25.7 Å². The molecule has 0 amide bonds. The lowest BCUT2D eigenvalue weighted by Crippen LogP contribution is -2.36. The second-order valence-electron chi connectivity index (χ2n) is 6.12. The minimum atomic E-state index is -0.972. The van der Waals surface area contributed by atoms with Gasteiger partial charge in [0.25, 0.3) is 0 Å². The summed E-state index contributed by atoms with van der Waals surface area (Å²) in [6.45, 7) is 4.42. The Morgan fingerprint density at radius 3 is 1.96 bits per heavy atom. The van der Waals surface area contributed by atoms with Crippen LogP contribution in [0.1, 0.15) is 58.8 Å². The summed E-state index contributed by atoms with van der Waals surface area (Å²) in [6.07, 6.45) is 4.82. The first-order valence-corrected chi connectivity index (χ1v) is 8.55. The zero-order valence-corrected chi connectivity index (χ0v) is 14.1. The first-order chi connectivity index (χ1) is 11.0. The van der Waals surface area contributed by atoms with Gasteiger partial charge in [0.15, 0.2) is 0 Å². The van der Waals surface area contributed by atoms with Crippen molar-refractivity contribution in [2.24, 2.45) is 17.8 Å². The second kappa shape index (κ2) is 10.2. The molecule has 0 bridgehead atoms. The molecule has 6 nitrogen and oxygen atoms in total. The molecular formula is C17H28O6. The van der Waals surface area contributed by atoms with Crippen LogP contribution >= 0.6 is 0 Å². The van der Waals surface area contributed by atoms with Crippen molar-refractivity contribution in [1.29, 1.82) is 0 Å². The number of rotatable bonds is 9. The number of hydrogen-bond acceptors (Lipinski definition) is 5. The fraction of sp³-hybridized carbons (Fsp3) is 0.824. The summed E-state index contributed by atoms with van der Waals surface area (Å²) in [5, 5.41) is 9.24. The Hall–Kier alpha value is -1.59. The number of esters is 2. The van der Waals surface area contributed by atoms with E-state index in [0.29, 0.717) is 13.0 Å². The normalized spacial score (nSPS) is 24.0. The van der Waals surface area contributed by atoms with Gasteiger partial charge in [-0.1, -0.05) is 26.2 Å². The van der Waals surface area contributed by atoms with Gasteiger partial charge < -0.3 is 14.6 Å². The number of ether oxygens (including phenoxy) is 2. The molecule has 1 aliphatic carbocycles. The Labute approximate surface area is 137 Å². The van der Waals surface area contributed by atoms with Gasteiger partial charge in [0.05, 0.1) is 31.0 Å². The first kappa shape index (κ1) is 19.5. The smallest absolute Gasteiger partial charge is 0.308 e. The summed E-state index contributed by atoms with van der Waals surface area (Å²) in [5.41, 5.74) is 0. The molecule has 1 rings (SSSR count). The topological polar surface area (TPSA) is 89.9 Å². The molecule has 23 heavy (non-hydrogen) atoms. The highest BCUT2D eigenvalue weighted by atomic mass is 16.5. The summed E-state index contributed by atoms with van der Waals surface area (Å²) in [4.78, 5) is 35.3. The Bertz CT molecular complexity index is 406. The van der Waals surface area contributed by atoms with Crippen LogP contribution in [-0.2, 0) is 23.9 Å². The minimum absolute atomic E-state index is 0.231. The summed E-state index contributed by atoms with van der Waals surface area (Å²) < 4.78 is 10.2. The van der Waals surface area contributed by atoms with Crippen LogP contribution in [0.25, 0.3) is 0 Å². The van der Waals surface area contributed by atoms with Crippen LogP contribution < -0.4 is 0 Å². The van der Waals surface area contributed by atoms with Gasteiger partial charge in [0, 0.05) is 0 Å². The number of unbranched alkanes of at least 4 members (excludes halogenated alkanes) is 3. The summed E-state index contributed by atoms with van der Waals surface area (Å²) >= 11 is 0. The van der Waals surface area contributed by atoms with Crippen molar-refractivity contribution < 1.29 is 29.0 Å². The highest BCUT2D eigenvalue weighted by Crippen LogP contribution is 2.35. The van der Waals surface area contributed by atoms with Crippen molar-refractivity contribution in [3.05, 3.63) is 0 Å². The molecule has 1 N–H and O–H groups in total. The van der Waals surface area contributed by atoms with Crippen LogP contribution in [0.5, 0.6) is 0 Å². The molecular weight excluding hydrogens is 300 g/mol. The molecule has 132 valence electrons. The maximum absolute atomic E-state index is 12.2. The van der Waals surface area contributed by atoms with E-state index in [2.05, 4.69) is 6.92 Å². The van der Waals surface area contributed by atoms with Gasteiger partial charge in [-0.15, -0.1) is 0 Å². The van der Waals surface area contributed by atoms with Crippen molar-refractivity contribution >= 4 is 17.9 Å². The zero-order valence-electron chi connectivity index (χ0n) is 14.1. The molecule has 0 saturated heterocycles. The zero-order chi connectivity index (χ0) is 17.2. The van der Waals surface area contributed by atoms with Crippen LogP contribution in [0.2, 0.25) is 0 Å². The summed E-state index contributed by atoms with van der Waals surface area (Å²) in [5.74, 6) is -3.55. The lowest BCUT2D eigenvalue weighted by Gasteiger charge is -2.30. The molecule has 1 aliphatic rings. The predicted molar refractivity (Wildman–Crippen MR) is 83.7 cm³/mol. The van der Waals surface area contributed by atoms with Crippen LogP contribution in [0.15, 0.2) is 0 Å². The van der Waals surface area contributed by atoms with Crippen LogP contribution in [0.3, 0.4) is 0 Å². The molecule has 0 radical (unpaired) electrons. The first-order valence-electron chi connectivity index (χ1n) is 8.55. The highest BCUT2D eigenvalue weighted by molar-refractivity contribution is 5.79. The molecule has 0 aromatic heterocycles. The van der Waals surface area contributed by atoms with Crippen LogP contribution in [0.4, 0.5) is 0 Å². The van der Waals surface area contributed by atoms with E-state index < -0.39 is 29.7 Å². The molecule has 1 fully saturated rings. The van der Waals surface area contributed by atoms with Crippen molar-refractivity contribution in [1.82, 2.24) is 0 Å². The van der Waals surface area contributed by atoms with E-state index in [1.165, 1.54) is 0 Å². The van der Waals surface area contributed by atoms with E-state index in [-0.39, 0.29) is 25.4 Å². The standard InChI is InChI=1S/C17H28O6/c1-3-5-6-7-8-23-17(21)14-10-12(15(18)19)9-13(11-14)16(20)22-4-2/h12-14H,3-11H2,1-2H3,(H,18,19). The van der Waals surface area contributed by atoms with Crippen LogP contribution in [-0.4, -0.2) is 36.2 Å². The van der Waals surface area contributed by atoms with Gasteiger partial charge in [-0.25, -0.2) is 0 Å². The average Bonchev–Trinajstić information content (AvgIpc) is 2.54. The number of hydrogen-bond donors (Lipinski definition) is 1. The SMILES string of the molecule is CCCCCCOC(=O)C1CC(C(=O)O)CC(C(=O)OCC)C1. The third-order valence-electron chi connectivity index (χ3n) is 4.25. The molecule has 1 saturated carbocycles. The van der Waals surface area contributed by atoms with E-state index in [1.807, 2.05) is 0 Å². The summed E-state index contributed by atoms with van der Waals surface area (Å²) in [6, 6.07) is 0. The van der Waals surface area contributed by atoms with Gasteiger partial charge in [-0.2, -0.15) is 0 Å². The van der Waals surface area contributed by atoms with Crippen LogP contribution in [0, 0.1) is 17.8 Å². The largest absolute Gasteiger partial charge is 0.481 e. The van der Waals surface area contributed by atoms with Gasteiger partial charge in [0.2, 0.25) is 0 Å². The minimum Gasteiger partial charge on any atom is -0.481 e. The predicted octanol–water partition coefficient (Wildman–Crippen LogP) is 2.79. The molecule has 0 aliphatic heterocycles. The molecule has 3 unspecified atom stereocenters. The Morgan fingerprint density at radius 2 is 1.43 bits per heavy atom. The monoisotopic (exact) mass is 328 g/mol. The van der Waals surface area contributed by atoms with E-state index in [1.54, 1.807) is 6.92 Å². The Balaban J connectivity index is 2.55. The number of carboxylic acids is 1. The molecule has 0 aromatic rings. The van der Waals surface area contributed by atoms with Crippen molar-refractivity contribution in [3.63, 3.8) is 0 Å². The number of carboxylic acid groups (broad SMARTS) is 1. The molecule has 0 heterocycles.